The average molecular weight is 618 g/mol. The number of carbonyl (C=O) groups excluding carboxylic acids is 1. The lowest BCUT2D eigenvalue weighted by molar-refractivity contribution is -0.130. The van der Waals surface area contributed by atoms with Gasteiger partial charge >= 0.3 is 0 Å². The van der Waals surface area contributed by atoms with Crippen LogP contribution in [0.4, 0.5) is 17.6 Å². The fraction of sp³-hybridized carbons (Fsp3) is 0.516. The Morgan fingerprint density at radius 3 is 1.80 bits per heavy atom. The maximum atomic E-state index is 13.3. The topological polar surface area (TPSA) is 55.8 Å². The van der Waals surface area contributed by atoms with Crippen molar-refractivity contribution in [3.8, 4) is 23.8 Å². The second kappa shape index (κ2) is 12.8. The van der Waals surface area contributed by atoms with E-state index in [0.29, 0.717) is 34.8 Å². The van der Waals surface area contributed by atoms with Crippen LogP contribution in [0.1, 0.15) is 69.2 Å². The van der Waals surface area contributed by atoms with Crippen molar-refractivity contribution in [1.82, 2.24) is 0 Å². The third-order valence-electron chi connectivity index (χ3n) is 7.38. The summed E-state index contributed by atoms with van der Waals surface area (Å²) in [6.45, 7) is 8.17. The minimum Gasteiger partial charge on any atom is -0.493 e. The standard InChI is InChI=1S/C17H19ClF2O2.C14H15ClF2O2/c1-4-6-17(21,15(19)20)10-16(2,3)13-9-12(18)8-11-5-7-22-14(11)13;1-14(2,7-11(18)13(16)17)10-6-9(15)5-8-3-4-19-12(8)10/h1,8-9,15,21H,5-7,10H2,2-3H3;5-6,13H,3-4,7H2,1-2H3. The van der Waals surface area contributed by atoms with Gasteiger partial charge in [0.05, 0.1) is 13.2 Å². The summed E-state index contributed by atoms with van der Waals surface area (Å²) >= 11 is 12.2. The number of benzene rings is 2. The largest absolute Gasteiger partial charge is 0.493 e. The van der Waals surface area contributed by atoms with E-state index in [1.807, 2.05) is 12.1 Å². The zero-order chi connectivity index (χ0) is 30.8. The molecule has 1 N–H and O–H groups in total. The highest BCUT2D eigenvalue weighted by Crippen LogP contribution is 2.45. The molecule has 2 heterocycles. The average Bonchev–Trinajstić information content (AvgIpc) is 3.52. The number of ketones is 1. The van der Waals surface area contributed by atoms with Gasteiger partial charge in [0.2, 0.25) is 0 Å². The summed E-state index contributed by atoms with van der Waals surface area (Å²) in [6, 6.07) is 7.06. The lowest BCUT2D eigenvalue weighted by atomic mass is 9.73. The third-order valence-corrected chi connectivity index (χ3v) is 7.81. The summed E-state index contributed by atoms with van der Waals surface area (Å²) in [7, 11) is 0. The zero-order valence-electron chi connectivity index (χ0n) is 23.4. The van der Waals surface area contributed by atoms with Gasteiger partial charge in [-0.3, -0.25) is 4.79 Å². The minimum atomic E-state index is -2.94. The van der Waals surface area contributed by atoms with Crippen LogP contribution in [0, 0.1) is 12.3 Å². The van der Waals surface area contributed by atoms with E-state index in [0.717, 1.165) is 35.1 Å². The van der Waals surface area contributed by atoms with Crippen LogP contribution in [0.25, 0.3) is 0 Å². The number of carbonyl (C=O) groups is 1. The Kier molecular flexibility index (Phi) is 10.3. The summed E-state index contributed by atoms with van der Waals surface area (Å²) < 4.78 is 62.6. The van der Waals surface area contributed by atoms with Crippen molar-refractivity contribution in [3.63, 3.8) is 0 Å². The molecule has 0 saturated carbocycles. The van der Waals surface area contributed by atoms with Crippen LogP contribution in [0.2, 0.25) is 10.0 Å². The molecule has 0 saturated heterocycles. The number of hydrogen-bond donors (Lipinski definition) is 1. The van der Waals surface area contributed by atoms with E-state index in [2.05, 4.69) is 5.92 Å². The first kappa shape index (κ1) is 33.0. The number of alkyl halides is 4. The molecule has 0 radical (unpaired) electrons. The van der Waals surface area contributed by atoms with E-state index in [1.165, 1.54) is 0 Å². The summed E-state index contributed by atoms with van der Waals surface area (Å²) in [5.74, 6) is 2.46. The zero-order valence-corrected chi connectivity index (χ0v) is 24.9. The molecule has 0 fully saturated rings. The fourth-order valence-corrected chi connectivity index (χ4v) is 5.89. The number of ether oxygens (including phenoxy) is 2. The van der Waals surface area contributed by atoms with Crippen molar-refractivity contribution in [2.45, 2.75) is 89.1 Å². The fourth-order valence-electron chi connectivity index (χ4n) is 5.41. The van der Waals surface area contributed by atoms with Gasteiger partial charge in [0, 0.05) is 52.3 Å². The van der Waals surface area contributed by atoms with Crippen LogP contribution >= 0.6 is 23.2 Å². The first-order chi connectivity index (χ1) is 19.0. The molecule has 0 amide bonds. The molecule has 2 aromatic carbocycles. The molecule has 224 valence electrons. The molecule has 2 aliphatic rings. The Morgan fingerprint density at radius 1 is 0.927 bits per heavy atom. The Morgan fingerprint density at radius 2 is 1.39 bits per heavy atom. The molecule has 1 unspecified atom stereocenters. The first-order valence-electron chi connectivity index (χ1n) is 13.2. The van der Waals surface area contributed by atoms with Gasteiger partial charge in [0.15, 0.2) is 5.78 Å². The molecular formula is C31H34Cl2F4O4. The van der Waals surface area contributed by atoms with Gasteiger partial charge in [-0.15, -0.1) is 12.3 Å². The van der Waals surface area contributed by atoms with Gasteiger partial charge in [-0.25, -0.2) is 17.6 Å². The number of Topliss-reactive ketones (excluding diaryl/α,β-unsaturated/α-hetero) is 1. The number of halogens is 6. The van der Waals surface area contributed by atoms with Crippen molar-refractivity contribution in [1.29, 1.82) is 0 Å². The van der Waals surface area contributed by atoms with Crippen LogP contribution in [0.5, 0.6) is 11.5 Å². The molecule has 2 aromatic rings. The van der Waals surface area contributed by atoms with Gasteiger partial charge < -0.3 is 14.6 Å². The smallest absolute Gasteiger partial charge is 0.296 e. The molecule has 4 rings (SSSR count). The number of aliphatic hydroxyl groups is 1. The van der Waals surface area contributed by atoms with E-state index < -0.39 is 41.5 Å². The summed E-state index contributed by atoms with van der Waals surface area (Å²) in [4.78, 5) is 11.3. The predicted molar refractivity (Wildman–Crippen MR) is 152 cm³/mol. The van der Waals surface area contributed by atoms with Crippen LogP contribution in [-0.4, -0.2) is 42.6 Å². The minimum absolute atomic E-state index is 0.183. The van der Waals surface area contributed by atoms with Crippen molar-refractivity contribution in [3.05, 3.63) is 56.6 Å². The van der Waals surface area contributed by atoms with Crippen molar-refractivity contribution in [2.24, 2.45) is 0 Å². The van der Waals surface area contributed by atoms with E-state index in [1.54, 1.807) is 39.8 Å². The summed E-state index contributed by atoms with van der Waals surface area (Å²) in [5.41, 5.74) is -0.335. The molecule has 0 aliphatic carbocycles. The van der Waals surface area contributed by atoms with E-state index >= 15 is 0 Å². The first-order valence-corrected chi connectivity index (χ1v) is 13.9. The lowest BCUT2D eigenvalue weighted by Gasteiger charge is -2.36. The highest BCUT2D eigenvalue weighted by atomic mass is 35.5. The highest BCUT2D eigenvalue weighted by Gasteiger charge is 2.44. The highest BCUT2D eigenvalue weighted by molar-refractivity contribution is 6.31. The van der Waals surface area contributed by atoms with E-state index in [4.69, 9.17) is 39.1 Å². The van der Waals surface area contributed by atoms with Crippen molar-refractivity contribution in [2.75, 3.05) is 13.2 Å². The normalized spacial score (nSPS) is 15.7. The van der Waals surface area contributed by atoms with Crippen molar-refractivity contribution < 1.29 is 36.9 Å². The molecular weight excluding hydrogens is 583 g/mol. The monoisotopic (exact) mass is 616 g/mol. The Labute approximate surface area is 248 Å². The number of terminal acetylenes is 1. The molecule has 0 bridgehead atoms. The lowest BCUT2D eigenvalue weighted by Crippen LogP contribution is -2.42. The van der Waals surface area contributed by atoms with Gasteiger partial charge in [-0.05, 0) is 47.2 Å². The number of hydrogen-bond acceptors (Lipinski definition) is 4. The Bertz CT molecular complexity index is 1320. The Hall–Kier alpha value is -2.47. The maximum Gasteiger partial charge on any atom is 0.296 e. The molecule has 10 heteroatoms. The quantitative estimate of drug-likeness (QED) is 0.231. The van der Waals surface area contributed by atoms with Gasteiger partial charge in [-0.1, -0.05) is 50.9 Å². The number of rotatable bonds is 9. The predicted octanol–water partition coefficient (Wildman–Crippen LogP) is 7.74. The van der Waals surface area contributed by atoms with Crippen LogP contribution in [0.3, 0.4) is 0 Å². The maximum absolute atomic E-state index is 13.3. The van der Waals surface area contributed by atoms with Crippen LogP contribution in [-0.2, 0) is 28.5 Å². The van der Waals surface area contributed by atoms with Gasteiger partial charge in [0.25, 0.3) is 12.9 Å². The van der Waals surface area contributed by atoms with E-state index in [9.17, 15) is 27.5 Å². The molecule has 1 atom stereocenters. The SMILES string of the molecule is C#CCC(O)(CC(C)(C)c1cc(Cl)cc2c1OCC2)C(F)F.CC(C)(CC(=O)C(F)F)c1cc(Cl)cc2c1OCC2. The third kappa shape index (κ3) is 7.68. The van der Waals surface area contributed by atoms with Crippen LogP contribution < -0.4 is 9.47 Å². The second-order valence-electron chi connectivity index (χ2n) is 11.8. The molecule has 4 nitrogen and oxygen atoms in total. The molecule has 2 aliphatic heterocycles. The van der Waals surface area contributed by atoms with Crippen molar-refractivity contribution >= 4 is 29.0 Å². The molecule has 41 heavy (non-hydrogen) atoms. The number of fused-ring (bicyclic) bond motifs is 2. The summed E-state index contributed by atoms with van der Waals surface area (Å²) in [5, 5.41) is 11.3. The van der Waals surface area contributed by atoms with Crippen LogP contribution in [0.15, 0.2) is 24.3 Å². The second-order valence-corrected chi connectivity index (χ2v) is 12.6. The summed E-state index contributed by atoms with van der Waals surface area (Å²) in [6.07, 6.45) is -0.0554. The van der Waals surface area contributed by atoms with Gasteiger partial charge in [-0.2, -0.15) is 0 Å². The van der Waals surface area contributed by atoms with Gasteiger partial charge in [0.1, 0.15) is 17.1 Å². The van der Waals surface area contributed by atoms with E-state index in [-0.39, 0.29) is 12.8 Å². The molecule has 0 spiro atoms. The Balaban J connectivity index is 0.000000228. The molecule has 0 aromatic heterocycles.